The SMILES string of the molecule is CN(c1ncccc1C#N)C1CN(c2ccc(C3CC3)nn2)C1. The van der Waals surface area contributed by atoms with E-state index >= 15 is 0 Å². The largest absolute Gasteiger partial charge is 0.352 e. The van der Waals surface area contributed by atoms with Gasteiger partial charge in [0.2, 0.25) is 0 Å². The Morgan fingerprint density at radius 1 is 1.22 bits per heavy atom. The van der Waals surface area contributed by atoms with Crippen LogP contribution >= 0.6 is 0 Å². The first kappa shape index (κ1) is 13.9. The van der Waals surface area contributed by atoms with E-state index in [-0.39, 0.29) is 0 Å². The zero-order valence-electron chi connectivity index (χ0n) is 13.1. The minimum absolute atomic E-state index is 0.335. The van der Waals surface area contributed by atoms with Gasteiger partial charge in [-0.15, -0.1) is 5.10 Å². The van der Waals surface area contributed by atoms with Crippen molar-refractivity contribution >= 4 is 11.6 Å². The number of aromatic nitrogens is 3. The van der Waals surface area contributed by atoms with Crippen molar-refractivity contribution in [1.82, 2.24) is 15.2 Å². The van der Waals surface area contributed by atoms with Crippen LogP contribution < -0.4 is 9.80 Å². The van der Waals surface area contributed by atoms with Gasteiger partial charge in [0.15, 0.2) is 5.82 Å². The molecule has 0 spiro atoms. The Morgan fingerprint density at radius 2 is 2.04 bits per heavy atom. The number of pyridine rings is 1. The lowest BCUT2D eigenvalue weighted by atomic mass is 10.1. The molecule has 1 aliphatic heterocycles. The molecule has 3 heterocycles. The summed E-state index contributed by atoms with van der Waals surface area (Å²) in [7, 11) is 1.99. The van der Waals surface area contributed by atoms with Crippen molar-refractivity contribution in [2.45, 2.75) is 24.8 Å². The van der Waals surface area contributed by atoms with Gasteiger partial charge < -0.3 is 9.80 Å². The van der Waals surface area contributed by atoms with Crippen LogP contribution in [0.3, 0.4) is 0 Å². The Kier molecular flexibility index (Phi) is 3.34. The third-order valence-corrected chi connectivity index (χ3v) is 4.64. The van der Waals surface area contributed by atoms with Gasteiger partial charge in [0.1, 0.15) is 11.9 Å². The molecule has 116 valence electrons. The Morgan fingerprint density at radius 3 is 2.70 bits per heavy atom. The van der Waals surface area contributed by atoms with Gasteiger partial charge in [-0.05, 0) is 37.1 Å². The van der Waals surface area contributed by atoms with Gasteiger partial charge in [-0.1, -0.05) is 0 Å². The fraction of sp³-hybridized carbons (Fsp3) is 0.412. The van der Waals surface area contributed by atoms with E-state index in [2.05, 4.69) is 43.2 Å². The van der Waals surface area contributed by atoms with E-state index in [9.17, 15) is 5.26 Å². The second kappa shape index (κ2) is 5.51. The first-order chi connectivity index (χ1) is 11.3. The van der Waals surface area contributed by atoms with Crippen LogP contribution in [0.4, 0.5) is 11.6 Å². The van der Waals surface area contributed by atoms with Crippen molar-refractivity contribution in [1.29, 1.82) is 5.26 Å². The number of anilines is 2. The highest BCUT2D eigenvalue weighted by Gasteiger charge is 2.33. The van der Waals surface area contributed by atoms with Crippen LogP contribution in [-0.2, 0) is 0 Å². The summed E-state index contributed by atoms with van der Waals surface area (Å²) in [6, 6.07) is 10.3. The van der Waals surface area contributed by atoms with Gasteiger partial charge in [-0.2, -0.15) is 10.4 Å². The van der Waals surface area contributed by atoms with Gasteiger partial charge >= 0.3 is 0 Å². The van der Waals surface area contributed by atoms with Crippen LogP contribution in [0.15, 0.2) is 30.5 Å². The third kappa shape index (κ3) is 2.59. The number of nitrogens with zero attached hydrogens (tertiary/aromatic N) is 6. The predicted molar refractivity (Wildman–Crippen MR) is 87.4 cm³/mol. The van der Waals surface area contributed by atoms with Crippen molar-refractivity contribution in [2.75, 3.05) is 29.9 Å². The average molecular weight is 306 g/mol. The maximum atomic E-state index is 9.20. The summed E-state index contributed by atoms with van der Waals surface area (Å²) in [4.78, 5) is 8.64. The van der Waals surface area contributed by atoms with E-state index in [1.807, 2.05) is 7.05 Å². The summed E-state index contributed by atoms with van der Waals surface area (Å²) in [5.74, 6) is 2.32. The molecule has 2 fully saturated rings. The maximum Gasteiger partial charge on any atom is 0.151 e. The van der Waals surface area contributed by atoms with Crippen molar-refractivity contribution in [2.24, 2.45) is 0 Å². The molecule has 23 heavy (non-hydrogen) atoms. The minimum atomic E-state index is 0.335. The molecular formula is C17H18N6. The van der Waals surface area contributed by atoms with E-state index in [1.165, 1.54) is 12.8 Å². The standard InChI is InChI=1S/C17H18N6/c1-22(17-13(9-18)3-2-8-19-17)14-10-23(11-14)16-7-6-15(20-21-16)12-4-5-12/h2-3,6-8,12,14H,4-5,10-11H2,1H3. The molecule has 1 aliphatic carbocycles. The molecule has 6 heteroatoms. The smallest absolute Gasteiger partial charge is 0.151 e. The quantitative estimate of drug-likeness (QED) is 0.860. The Balaban J connectivity index is 1.41. The lowest BCUT2D eigenvalue weighted by molar-refractivity contribution is 0.487. The molecule has 0 bridgehead atoms. The molecule has 6 nitrogen and oxygen atoms in total. The number of nitriles is 1. The fourth-order valence-corrected chi connectivity index (χ4v) is 2.93. The highest BCUT2D eigenvalue weighted by Crippen LogP contribution is 2.39. The normalized spacial score (nSPS) is 17.5. The lowest BCUT2D eigenvalue weighted by Gasteiger charge is -2.45. The molecule has 2 aliphatic rings. The number of rotatable bonds is 4. The van der Waals surface area contributed by atoms with Crippen LogP contribution in [0.2, 0.25) is 0 Å². The fourth-order valence-electron chi connectivity index (χ4n) is 2.93. The molecule has 1 saturated heterocycles. The monoisotopic (exact) mass is 306 g/mol. The molecule has 0 atom stereocenters. The first-order valence-electron chi connectivity index (χ1n) is 7.93. The van der Waals surface area contributed by atoms with Crippen LogP contribution in [0.25, 0.3) is 0 Å². The second-order valence-electron chi connectivity index (χ2n) is 6.25. The highest BCUT2D eigenvalue weighted by atomic mass is 15.4. The van der Waals surface area contributed by atoms with Gasteiger partial charge in [0.05, 0.1) is 17.3 Å². The van der Waals surface area contributed by atoms with E-state index in [4.69, 9.17) is 0 Å². The maximum absolute atomic E-state index is 9.20. The lowest BCUT2D eigenvalue weighted by Crippen LogP contribution is -2.59. The summed E-state index contributed by atoms with van der Waals surface area (Å²) in [6.07, 6.45) is 4.22. The summed E-state index contributed by atoms with van der Waals surface area (Å²) in [5, 5.41) is 17.9. The zero-order valence-corrected chi connectivity index (χ0v) is 13.1. The van der Waals surface area contributed by atoms with Crippen molar-refractivity contribution in [3.63, 3.8) is 0 Å². The van der Waals surface area contributed by atoms with Crippen molar-refractivity contribution < 1.29 is 0 Å². The molecule has 0 unspecified atom stereocenters. The topological polar surface area (TPSA) is 68.9 Å². The van der Waals surface area contributed by atoms with Crippen LogP contribution in [0.1, 0.15) is 30.0 Å². The van der Waals surface area contributed by atoms with Crippen LogP contribution in [0, 0.1) is 11.3 Å². The highest BCUT2D eigenvalue weighted by molar-refractivity contribution is 5.56. The molecule has 2 aromatic rings. The summed E-state index contributed by atoms with van der Waals surface area (Å²) >= 11 is 0. The molecular weight excluding hydrogens is 288 g/mol. The molecule has 0 N–H and O–H groups in total. The van der Waals surface area contributed by atoms with E-state index in [1.54, 1.807) is 18.3 Å². The van der Waals surface area contributed by atoms with E-state index in [0.29, 0.717) is 17.5 Å². The predicted octanol–water partition coefficient (Wildman–Crippen LogP) is 1.95. The molecule has 0 radical (unpaired) electrons. The van der Waals surface area contributed by atoms with Crippen molar-refractivity contribution in [3.8, 4) is 6.07 Å². The third-order valence-electron chi connectivity index (χ3n) is 4.64. The molecule has 0 aromatic carbocycles. The zero-order chi connectivity index (χ0) is 15.8. The molecule has 0 amide bonds. The first-order valence-corrected chi connectivity index (χ1v) is 7.93. The number of hydrogen-bond donors (Lipinski definition) is 0. The van der Waals surface area contributed by atoms with Gasteiger partial charge in [-0.25, -0.2) is 4.98 Å². The van der Waals surface area contributed by atoms with Gasteiger partial charge in [0.25, 0.3) is 0 Å². The summed E-state index contributed by atoms with van der Waals surface area (Å²) in [6.45, 7) is 1.74. The van der Waals surface area contributed by atoms with E-state index < -0.39 is 0 Å². The average Bonchev–Trinajstić information content (AvgIpc) is 3.39. The summed E-state index contributed by atoms with van der Waals surface area (Å²) in [5.41, 5.74) is 1.73. The summed E-state index contributed by atoms with van der Waals surface area (Å²) < 4.78 is 0. The minimum Gasteiger partial charge on any atom is -0.352 e. The van der Waals surface area contributed by atoms with Gasteiger partial charge in [0, 0.05) is 32.3 Å². The number of likely N-dealkylation sites (N-methyl/N-ethyl adjacent to an activating group) is 1. The Labute approximate surface area is 135 Å². The molecule has 2 aromatic heterocycles. The molecule has 1 saturated carbocycles. The van der Waals surface area contributed by atoms with Crippen LogP contribution in [-0.4, -0.2) is 41.4 Å². The molecule has 4 rings (SSSR count). The van der Waals surface area contributed by atoms with E-state index in [0.717, 1.165) is 30.4 Å². The van der Waals surface area contributed by atoms with Crippen molar-refractivity contribution in [3.05, 3.63) is 41.7 Å². The van der Waals surface area contributed by atoms with Crippen LogP contribution in [0.5, 0.6) is 0 Å². The number of hydrogen-bond acceptors (Lipinski definition) is 6. The Hall–Kier alpha value is -2.68. The van der Waals surface area contributed by atoms with Gasteiger partial charge in [-0.3, -0.25) is 0 Å². The second-order valence-corrected chi connectivity index (χ2v) is 6.25. The Bertz CT molecular complexity index is 740.